The molecule has 2 heterocycles. The van der Waals surface area contributed by atoms with Gasteiger partial charge in [0.1, 0.15) is 12.7 Å². The van der Waals surface area contributed by atoms with Gasteiger partial charge in [-0.2, -0.15) is 0 Å². The van der Waals surface area contributed by atoms with E-state index in [1.165, 1.54) is 13.1 Å². The zero-order valence-electron chi connectivity index (χ0n) is 13.3. The minimum atomic E-state index is -0.768. The minimum Gasteiger partial charge on any atom is -0.466 e. The fourth-order valence-electron chi connectivity index (χ4n) is 2.15. The van der Waals surface area contributed by atoms with Crippen LogP contribution in [0.25, 0.3) is 0 Å². The van der Waals surface area contributed by atoms with Crippen LogP contribution in [0.4, 0.5) is 0 Å². The molecule has 0 spiro atoms. The highest BCUT2D eigenvalue weighted by Crippen LogP contribution is 2.19. The van der Waals surface area contributed by atoms with E-state index in [4.69, 9.17) is 14.2 Å². The molecule has 0 fully saturated rings. The summed E-state index contributed by atoms with van der Waals surface area (Å²) in [6.45, 7) is 3.16. The summed E-state index contributed by atoms with van der Waals surface area (Å²) in [6, 6.07) is 0. The Balaban J connectivity index is 2.15. The number of carbonyl (C=O) groups is 2. The molecule has 9 nitrogen and oxygen atoms in total. The van der Waals surface area contributed by atoms with E-state index in [0.29, 0.717) is 0 Å². The van der Waals surface area contributed by atoms with Crippen LogP contribution in [-0.2, 0) is 30.2 Å². The van der Waals surface area contributed by atoms with Crippen LogP contribution in [0.3, 0.4) is 0 Å². The van der Waals surface area contributed by atoms with Gasteiger partial charge in [0.25, 0.3) is 5.56 Å². The highest BCUT2D eigenvalue weighted by molar-refractivity contribution is 5.72. The summed E-state index contributed by atoms with van der Waals surface area (Å²) < 4.78 is 16.4. The van der Waals surface area contributed by atoms with Gasteiger partial charge < -0.3 is 14.2 Å². The molecule has 0 saturated heterocycles. The second kappa shape index (κ2) is 7.73. The molecule has 0 radical (unpaired) electrons. The van der Waals surface area contributed by atoms with E-state index < -0.39 is 35.5 Å². The Bertz CT molecular complexity index is 762. The predicted molar refractivity (Wildman–Crippen MR) is 81.3 cm³/mol. The lowest BCUT2D eigenvalue weighted by atomic mass is 10.2. The molecule has 0 aromatic carbocycles. The van der Waals surface area contributed by atoms with E-state index in [2.05, 4.69) is 4.98 Å². The third-order valence-corrected chi connectivity index (χ3v) is 3.21. The molecule has 0 amide bonds. The van der Waals surface area contributed by atoms with Crippen LogP contribution in [0.2, 0.25) is 0 Å². The number of aromatic nitrogens is 2. The van der Waals surface area contributed by atoms with Crippen molar-refractivity contribution in [1.29, 1.82) is 0 Å². The number of ether oxygens (including phenoxy) is 3. The van der Waals surface area contributed by atoms with E-state index in [0.717, 1.165) is 4.57 Å². The minimum absolute atomic E-state index is 0.0239. The molecule has 2 atom stereocenters. The maximum atomic E-state index is 12.0. The van der Waals surface area contributed by atoms with Crippen LogP contribution >= 0.6 is 0 Å². The monoisotopic (exact) mass is 338 g/mol. The standard InChI is InChI=1S/C15H18N2O7/c1-3-22-13(19)6-10-7-17(15(21)16-14(10)20)12-5-4-11(24-12)8-23-9(2)18/h4-5,7,11-12H,3,6,8H2,1-2H3,(H,16,20,21)/t11-,12+/m0/s1. The fraction of sp³-hybridized carbons (Fsp3) is 0.467. The molecule has 1 aliphatic rings. The molecule has 24 heavy (non-hydrogen) atoms. The van der Waals surface area contributed by atoms with Crippen molar-refractivity contribution >= 4 is 11.9 Å². The normalized spacial score (nSPS) is 19.2. The van der Waals surface area contributed by atoms with Crippen LogP contribution in [0.15, 0.2) is 27.9 Å². The molecule has 0 saturated carbocycles. The number of nitrogens with one attached hydrogen (secondary N) is 1. The Morgan fingerprint density at radius 3 is 2.71 bits per heavy atom. The third kappa shape index (κ3) is 4.42. The van der Waals surface area contributed by atoms with Crippen LogP contribution in [-0.4, -0.2) is 40.8 Å². The van der Waals surface area contributed by atoms with Crippen molar-refractivity contribution in [3.8, 4) is 0 Å². The van der Waals surface area contributed by atoms with E-state index in [1.807, 2.05) is 0 Å². The Labute approximate surface area is 136 Å². The molecule has 1 aromatic heterocycles. The Kier molecular flexibility index (Phi) is 5.69. The molecule has 0 unspecified atom stereocenters. The molecular weight excluding hydrogens is 320 g/mol. The first-order valence-electron chi connectivity index (χ1n) is 7.37. The van der Waals surface area contributed by atoms with Crippen molar-refractivity contribution in [2.24, 2.45) is 0 Å². The first-order valence-corrected chi connectivity index (χ1v) is 7.37. The Hall–Kier alpha value is -2.68. The zero-order valence-corrected chi connectivity index (χ0v) is 13.3. The van der Waals surface area contributed by atoms with Crippen molar-refractivity contribution in [1.82, 2.24) is 9.55 Å². The fourth-order valence-corrected chi connectivity index (χ4v) is 2.15. The average molecular weight is 338 g/mol. The largest absolute Gasteiger partial charge is 0.466 e. The number of H-pyrrole nitrogens is 1. The van der Waals surface area contributed by atoms with Crippen molar-refractivity contribution in [3.05, 3.63) is 44.8 Å². The van der Waals surface area contributed by atoms with E-state index >= 15 is 0 Å². The van der Waals surface area contributed by atoms with Gasteiger partial charge in [0.15, 0.2) is 6.23 Å². The van der Waals surface area contributed by atoms with Crippen molar-refractivity contribution < 1.29 is 23.8 Å². The first-order chi connectivity index (χ1) is 11.4. The molecule has 1 aromatic rings. The second-order valence-corrected chi connectivity index (χ2v) is 5.06. The number of carbonyl (C=O) groups excluding carboxylic acids is 2. The van der Waals surface area contributed by atoms with Crippen LogP contribution < -0.4 is 11.2 Å². The molecule has 130 valence electrons. The smallest absolute Gasteiger partial charge is 0.330 e. The third-order valence-electron chi connectivity index (χ3n) is 3.21. The molecule has 0 aliphatic carbocycles. The molecular formula is C15H18N2O7. The highest BCUT2D eigenvalue weighted by Gasteiger charge is 2.23. The lowest BCUT2D eigenvalue weighted by Crippen LogP contribution is -2.35. The number of aromatic amines is 1. The highest BCUT2D eigenvalue weighted by atomic mass is 16.6. The Morgan fingerprint density at radius 2 is 2.04 bits per heavy atom. The topological polar surface area (TPSA) is 117 Å². The predicted octanol–water partition coefficient (Wildman–Crippen LogP) is -0.341. The summed E-state index contributed by atoms with van der Waals surface area (Å²) in [5, 5.41) is 0. The quantitative estimate of drug-likeness (QED) is 0.557. The zero-order chi connectivity index (χ0) is 17.7. The van der Waals surface area contributed by atoms with Crippen LogP contribution in [0.5, 0.6) is 0 Å². The lowest BCUT2D eigenvalue weighted by Gasteiger charge is -2.16. The van der Waals surface area contributed by atoms with Crippen molar-refractivity contribution in [2.45, 2.75) is 32.6 Å². The first kappa shape index (κ1) is 17.7. The summed E-state index contributed by atoms with van der Waals surface area (Å²) in [5.74, 6) is -1.00. The van der Waals surface area contributed by atoms with Gasteiger partial charge >= 0.3 is 17.6 Å². The van der Waals surface area contributed by atoms with Gasteiger partial charge in [0, 0.05) is 18.7 Å². The van der Waals surface area contributed by atoms with Gasteiger partial charge in [-0.15, -0.1) is 0 Å². The average Bonchev–Trinajstić information content (AvgIpc) is 2.97. The summed E-state index contributed by atoms with van der Waals surface area (Å²) in [4.78, 5) is 48.2. The van der Waals surface area contributed by atoms with Gasteiger partial charge in [-0.1, -0.05) is 6.08 Å². The maximum absolute atomic E-state index is 12.0. The number of hydrogen-bond acceptors (Lipinski definition) is 7. The summed E-state index contributed by atoms with van der Waals surface area (Å²) in [6.07, 6.45) is 3.00. The van der Waals surface area contributed by atoms with Crippen LogP contribution in [0, 0.1) is 0 Å². The number of rotatable bonds is 6. The van der Waals surface area contributed by atoms with Gasteiger partial charge in [0.2, 0.25) is 0 Å². The number of esters is 2. The number of nitrogens with zero attached hydrogens (tertiary/aromatic N) is 1. The summed E-state index contributed by atoms with van der Waals surface area (Å²) >= 11 is 0. The van der Waals surface area contributed by atoms with Gasteiger partial charge in [-0.05, 0) is 13.0 Å². The van der Waals surface area contributed by atoms with Gasteiger partial charge in [0.05, 0.1) is 13.0 Å². The summed E-state index contributed by atoms with van der Waals surface area (Å²) in [5.41, 5.74) is -1.23. The molecule has 1 aliphatic heterocycles. The lowest BCUT2D eigenvalue weighted by molar-refractivity contribution is -0.145. The maximum Gasteiger partial charge on any atom is 0.330 e. The second-order valence-electron chi connectivity index (χ2n) is 5.06. The molecule has 2 rings (SSSR count). The van der Waals surface area contributed by atoms with E-state index in [9.17, 15) is 19.2 Å². The van der Waals surface area contributed by atoms with E-state index in [-0.39, 0.29) is 25.2 Å². The molecule has 0 bridgehead atoms. The van der Waals surface area contributed by atoms with Crippen molar-refractivity contribution in [3.63, 3.8) is 0 Å². The molecule has 9 heteroatoms. The number of hydrogen-bond donors (Lipinski definition) is 1. The van der Waals surface area contributed by atoms with Crippen molar-refractivity contribution in [2.75, 3.05) is 13.2 Å². The van der Waals surface area contributed by atoms with Gasteiger partial charge in [-0.25, -0.2) is 4.79 Å². The SMILES string of the molecule is CCOC(=O)Cc1cn([C@H]2C=C[C@@H](COC(C)=O)O2)c(=O)[nH]c1=O. The van der Waals surface area contributed by atoms with Crippen LogP contribution in [0.1, 0.15) is 25.6 Å². The van der Waals surface area contributed by atoms with E-state index in [1.54, 1.807) is 19.1 Å². The Morgan fingerprint density at radius 1 is 1.29 bits per heavy atom. The molecule has 1 N–H and O–H groups in total. The summed E-state index contributed by atoms with van der Waals surface area (Å²) in [7, 11) is 0. The van der Waals surface area contributed by atoms with Gasteiger partial charge in [-0.3, -0.25) is 23.9 Å².